The molecule has 0 bridgehead atoms. The van der Waals surface area contributed by atoms with E-state index in [1.807, 2.05) is 36.0 Å². The molecule has 0 atom stereocenters. The molecule has 90 valence electrons. The number of imidazole rings is 1. The highest BCUT2D eigenvalue weighted by Crippen LogP contribution is 2.25. The molecule has 0 amide bonds. The lowest BCUT2D eigenvalue weighted by molar-refractivity contribution is 0.432. The van der Waals surface area contributed by atoms with Gasteiger partial charge in [0.25, 0.3) is 5.89 Å². The Morgan fingerprint density at radius 3 is 2.83 bits per heavy atom. The second kappa shape index (κ2) is 3.99. The highest BCUT2D eigenvalue weighted by atomic mass is 16.5. The SMILES string of the molecule is Cn1ccnc1-c1noc(-c2ccccc2N)n1. The van der Waals surface area contributed by atoms with Gasteiger partial charge in [-0.25, -0.2) is 4.98 Å². The van der Waals surface area contributed by atoms with Crippen molar-refractivity contribution in [2.45, 2.75) is 0 Å². The summed E-state index contributed by atoms with van der Waals surface area (Å²) in [4.78, 5) is 8.47. The molecule has 0 spiro atoms. The molecule has 18 heavy (non-hydrogen) atoms. The Morgan fingerprint density at radius 2 is 2.11 bits per heavy atom. The quantitative estimate of drug-likeness (QED) is 0.691. The second-order valence-corrected chi connectivity index (χ2v) is 3.87. The van der Waals surface area contributed by atoms with E-state index in [0.29, 0.717) is 23.2 Å². The summed E-state index contributed by atoms with van der Waals surface area (Å²) in [5, 5.41) is 3.91. The number of benzene rings is 1. The number of para-hydroxylation sites is 1. The molecule has 2 aromatic heterocycles. The van der Waals surface area contributed by atoms with Crippen LogP contribution < -0.4 is 5.73 Å². The van der Waals surface area contributed by atoms with Gasteiger partial charge in [0.1, 0.15) is 0 Å². The lowest BCUT2D eigenvalue weighted by Gasteiger charge is -1.97. The molecule has 3 rings (SSSR count). The second-order valence-electron chi connectivity index (χ2n) is 3.87. The zero-order valence-corrected chi connectivity index (χ0v) is 9.74. The van der Waals surface area contributed by atoms with Crippen LogP contribution in [0.4, 0.5) is 5.69 Å². The molecular weight excluding hydrogens is 230 g/mol. The van der Waals surface area contributed by atoms with Crippen molar-refractivity contribution >= 4 is 5.69 Å². The van der Waals surface area contributed by atoms with E-state index in [9.17, 15) is 0 Å². The molecule has 3 aromatic rings. The number of nitrogens with two attached hydrogens (primary N) is 1. The van der Waals surface area contributed by atoms with Crippen molar-refractivity contribution in [3.63, 3.8) is 0 Å². The Morgan fingerprint density at radius 1 is 1.28 bits per heavy atom. The number of aromatic nitrogens is 4. The molecule has 0 saturated carbocycles. The molecule has 0 aliphatic carbocycles. The van der Waals surface area contributed by atoms with Gasteiger partial charge in [-0.1, -0.05) is 17.3 Å². The highest BCUT2D eigenvalue weighted by molar-refractivity contribution is 5.70. The van der Waals surface area contributed by atoms with E-state index in [4.69, 9.17) is 10.3 Å². The van der Waals surface area contributed by atoms with Crippen molar-refractivity contribution in [2.24, 2.45) is 7.05 Å². The predicted octanol–water partition coefficient (Wildman–Crippen LogP) is 1.72. The first kappa shape index (κ1) is 10.5. The van der Waals surface area contributed by atoms with E-state index in [1.165, 1.54) is 0 Å². The lowest BCUT2D eigenvalue weighted by atomic mass is 10.2. The van der Waals surface area contributed by atoms with Gasteiger partial charge in [0.05, 0.1) is 5.56 Å². The van der Waals surface area contributed by atoms with E-state index in [2.05, 4.69) is 15.1 Å². The Balaban J connectivity index is 2.05. The van der Waals surface area contributed by atoms with Crippen molar-refractivity contribution in [1.29, 1.82) is 0 Å². The molecule has 6 nitrogen and oxygen atoms in total. The van der Waals surface area contributed by atoms with Gasteiger partial charge in [0.2, 0.25) is 5.82 Å². The van der Waals surface area contributed by atoms with E-state index in [1.54, 1.807) is 12.3 Å². The van der Waals surface area contributed by atoms with Gasteiger partial charge in [-0.05, 0) is 12.1 Å². The maximum Gasteiger partial charge on any atom is 0.260 e. The normalized spacial score (nSPS) is 10.7. The van der Waals surface area contributed by atoms with E-state index in [-0.39, 0.29) is 0 Å². The Kier molecular flexibility index (Phi) is 2.33. The van der Waals surface area contributed by atoms with Crippen LogP contribution in [0, 0.1) is 0 Å². The van der Waals surface area contributed by atoms with Crippen molar-refractivity contribution < 1.29 is 4.52 Å². The molecule has 0 saturated heterocycles. The Hall–Kier alpha value is -2.63. The molecule has 2 heterocycles. The molecule has 0 aliphatic rings. The van der Waals surface area contributed by atoms with Crippen molar-refractivity contribution in [2.75, 3.05) is 5.73 Å². The van der Waals surface area contributed by atoms with E-state index < -0.39 is 0 Å². The average molecular weight is 241 g/mol. The lowest BCUT2D eigenvalue weighted by Crippen LogP contribution is -1.93. The highest BCUT2D eigenvalue weighted by Gasteiger charge is 2.14. The summed E-state index contributed by atoms with van der Waals surface area (Å²) in [5.41, 5.74) is 7.19. The average Bonchev–Trinajstić information content (AvgIpc) is 2.98. The van der Waals surface area contributed by atoms with Gasteiger partial charge in [-0.2, -0.15) is 4.98 Å². The fraction of sp³-hybridized carbons (Fsp3) is 0.0833. The fourth-order valence-electron chi connectivity index (χ4n) is 1.70. The third kappa shape index (κ3) is 1.64. The van der Waals surface area contributed by atoms with E-state index in [0.717, 1.165) is 5.56 Å². The van der Waals surface area contributed by atoms with Crippen molar-refractivity contribution in [1.82, 2.24) is 19.7 Å². The first-order chi connectivity index (χ1) is 8.75. The van der Waals surface area contributed by atoms with Crippen molar-refractivity contribution in [3.05, 3.63) is 36.7 Å². The van der Waals surface area contributed by atoms with Gasteiger partial charge < -0.3 is 14.8 Å². The summed E-state index contributed by atoms with van der Waals surface area (Å²) < 4.78 is 7.04. The largest absolute Gasteiger partial charge is 0.398 e. The van der Waals surface area contributed by atoms with Gasteiger partial charge in [-0.15, -0.1) is 0 Å². The first-order valence-corrected chi connectivity index (χ1v) is 5.42. The maximum absolute atomic E-state index is 5.86. The summed E-state index contributed by atoms with van der Waals surface area (Å²) in [6.07, 6.45) is 3.50. The molecule has 0 fully saturated rings. The minimum Gasteiger partial charge on any atom is -0.398 e. The monoisotopic (exact) mass is 241 g/mol. The zero-order chi connectivity index (χ0) is 12.5. The van der Waals surface area contributed by atoms with Crippen molar-refractivity contribution in [3.8, 4) is 23.1 Å². The Labute approximate surface area is 103 Å². The van der Waals surface area contributed by atoms with Crippen LogP contribution in [-0.4, -0.2) is 19.7 Å². The predicted molar refractivity (Wildman–Crippen MR) is 66.3 cm³/mol. The van der Waals surface area contributed by atoms with Gasteiger partial charge in [0.15, 0.2) is 5.82 Å². The third-order valence-corrected chi connectivity index (χ3v) is 2.64. The van der Waals surface area contributed by atoms with Crippen LogP contribution >= 0.6 is 0 Å². The number of nitrogen functional groups attached to an aromatic ring is 1. The van der Waals surface area contributed by atoms with Crippen LogP contribution in [-0.2, 0) is 7.05 Å². The summed E-state index contributed by atoms with van der Waals surface area (Å²) in [6, 6.07) is 7.36. The minimum absolute atomic E-state index is 0.395. The van der Waals surface area contributed by atoms with Gasteiger partial charge >= 0.3 is 0 Å². The zero-order valence-electron chi connectivity index (χ0n) is 9.74. The first-order valence-electron chi connectivity index (χ1n) is 5.42. The summed E-state index contributed by atoms with van der Waals surface area (Å²) in [6.45, 7) is 0. The van der Waals surface area contributed by atoms with Gasteiger partial charge in [-0.3, -0.25) is 0 Å². The van der Waals surface area contributed by atoms with Crippen LogP contribution in [0.1, 0.15) is 0 Å². The number of rotatable bonds is 2. The minimum atomic E-state index is 0.395. The molecule has 2 N–H and O–H groups in total. The number of aryl methyl sites for hydroxylation is 1. The molecule has 0 aliphatic heterocycles. The van der Waals surface area contributed by atoms with Crippen LogP contribution in [0.3, 0.4) is 0 Å². The van der Waals surface area contributed by atoms with E-state index >= 15 is 0 Å². The topological polar surface area (TPSA) is 82.8 Å². The molecule has 1 aromatic carbocycles. The number of nitrogens with zero attached hydrogens (tertiary/aromatic N) is 4. The number of hydrogen-bond acceptors (Lipinski definition) is 5. The molecule has 6 heteroatoms. The number of anilines is 1. The van der Waals surface area contributed by atoms with Gasteiger partial charge in [0, 0.05) is 25.1 Å². The molecular formula is C12H11N5O. The molecule has 0 radical (unpaired) electrons. The smallest absolute Gasteiger partial charge is 0.260 e. The summed E-state index contributed by atoms with van der Waals surface area (Å²) in [5.74, 6) is 1.49. The van der Waals surface area contributed by atoms with Crippen LogP contribution in [0.2, 0.25) is 0 Å². The fourth-order valence-corrected chi connectivity index (χ4v) is 1.70. The summed E-state index contributed by atoms with van der Waals surface area (Å²) in [7, 11) is 1.87. The maximum atomic E-state index is 5.86. The van der Waals surface area contributed by atoms with Crippen LogP contribution in [0.25, 0.3) is 23.1 Å². The van der Waals surface area contributed by atoms with Crippen LogP contribution in [0.15, 0.2) is 41.2 Å². The Bertz CT molecular complexity index is 685. The van der Waals surface area contributed by atoms with Crippen LogP contribution in [0.5, 0.6) is 0 Å². The summed E-state index contributed by atoms with van der Waals surface area (Å²) >= 11 is 0. The third-order valence-electron chi connectivity index (χ3n) is 2.64. The molecule has 0 unspecified atom stereocenters. The number of hydrogen-bond donors (Lipinski definition) is 1. The standard InChI is InChI=1S/C12H11N5O/c1-17-7-6-14-11(17)10-15-12(18-16-10)8-4-2-3-5-9(8)13/h2-7H,13H2,1H3.